The largest absolute Gasteiger partial charge is 0.508 e. The molecule has 17 heavy (non-hydrogen) atoms. The fourth-order valence-corrected chi connectivity index (χ4v) is 2.62. The van der Waals surface area contributed by atoms with Gasteiger partial charge in [0.1, 0.15) is 11.5 Å². The highest BCUT2D eigenvalue weighted by Gasteiger charge is 2.37. The lowest BCUT2D eigenvalue weighted by atomic mass is 9.78. The molecular weight excluding hydrogens is 286 g/mol. The van der Waals surface area contributed by atoms with Crippen LogP contribution in [0, 0.1) is 0 Å². The molecule has 0 saturated heterocycles. The fraction of sp³-hybridized carbons (Fsp3) is 0.417. The summed E-state index contributed by atoms with van der Waals surface area (Å²) in [6.07, 6.45) is 3.00. The van der Waals surface area contributed by atoms with Gasteiger partial charge < -0.3 is 15.5 Å². The van der Waals surface area contributed by atoms with Gasteiger partial charge in [-0.1, -0.05) is 15.9 Å². The predicted molar refractivity (Wildman–Crippen MR) is 67.6 cm³/mol. The maximum absolute atomic E-state index is 12.0. The third kappa shape index (κ3) is 2.39. The Hall–Kier alpha value is -1.23. The predicted octanol–water partition coefficient (Wildman–Crippen LogP) is 2.15. The second-order valence-electron chi connectivity index (χ2n) is 4.42. The van der Waals surface area contributed by atoms with Crippen LogP contribution in [-0.2, 0) is 0 Å². The molecule has 1 amide bonds. The number of benzene rings is 1. The Morgan fingerprint density at radius 2 is 2.12 bits per heavy atom. The molecule has 1 aromatic rings. The molecule has 0 heterocycles. The van der Waals surface area contributed by atoms with Gasteiger partial charge >= 0.3 is 0 Å². The number of amides is 1. The molecule has 1 aliphatic rings. The van der Waals surface area contributed by atoms with E-state index in [1.807, 2.05) is 0 Å². The van der Waals surface area contributed by atoms with Crippen molar-refractivity contribution in [3.63, 3.8) is 0 Å². The average molecular weight is 300 g/mol. The topological polar surface area (TPSA) is 69.6 Å². The number of alkyl halides is 1. The van der Waals surface area contributed by atoms with Gasteiger partial charge in [-0.25, -0.2) is 0 Å². The van der Waals surface area contributed by atoms with E-state index >= 15 is 0 Å². The molecule has 1 aromatic carbocycles. The van der Waals surface area contributed by atoms with Crippen molar-refractivity contribution in [2.24, 2.45) is 0 Å². The molecule has 0 bridgehead atoms. The van der Waals surface area contributed by atoms with Crippen LogP contribution >= 0.6 is 15.9 Å². The molecule has 0 spiro atoms. The number of hydrogen-bond donors (Lipinski definition) is 3. The van der Waals surface area contributed by atoms with Crippen LogP contribution in [0.1, 0.15) is 29.6 Å². The van der Waals surface area contributed by atoms with Gasteiger partial charge in [-0.15, -0.1) is 0 Å². The lowest BCUT2D eigenvalue weighted by Crippen LogP contribution is -2.54. The number of carbonyl (C=O) groups is 1. The summed E-state index contributed by atoms with van der Waals surface area (Å²) in [6, 6.07) is 3.97. The molecule has 0 aromatic heterocycles. The van der Waals surface area contributed by atoms with Gasteiger partial charge in [-0.2, -0.15) is 0 Å². The van der Waals surface area contributed by atoms with Gasteiger partial charge in [0.05, 0.1) is 11.1 Å². The third-order valence-corrected chi connectivity index (χ3v) is 4.24. The Kier molecular flexibility index (Phi) is 3.28. The molecule has 92 valence electrons. The standard InChI is InChI=1S/C12H14BrNO3/c13-7-12(4-1-5-12)14-11(17)9-3-2-8(15)6-10(9)16/h2-3,6,15-16H,1,4-5,7H2,(H,14,17). The first-order valence-electron chi connectivity index (χ1n) is 5.47. The van der Waals surface area contributed by atoms with E-state index < -0.39 is 0 Å². The zero-order valence-electron chi connectivity index (χ0n) is 9.24. The Morgan fingerprint density at radius 1 is 1.41 bits per heavy atom. The maximum atomic E-state index is 12.0. The summed E-state index contributed by atoms with van der Waals surface area (Å²) in [5.74, 6) is -0.564. The van der Waals surface area contributed by atoms with Crippen molar-refractivity contribution < 1.29 is 15.0 Å². The summed E-state index contributed by atoms with van der Waals surface area (Å²) in [5, 5.41) is 22.4. The van der Waals surface area contributed by atoms with E-state index in [1.54, 1.807) is 0 Å². The summed E-state index contributed by atoms with van der Waals surface area (Å²) in [4.78, 5) is 12.0. The third-order valence-electron chi connectivity index (χ3n) is 3.17. The number of carbonyl (C=O) groups excluding carboxylic acids is 1. The first-order chi connectivity index (χ1) is 8.06. The zero-order chi connectivity index (χ0) is 12.5. The zero-order valence-corrected chi connectivity index (χ0v) is 10.8. The molecule has 0 radical (unpaired) electrons. The van der Waals surface area contributed by atoms with Crippen molar-refractivity contribution >= 4 is 21.8 Å². The molecule has 4 nitrogen and oxygen atoms in total. The summed E-state index contributed by atoms with van der Waals surface area (Å²) >= 11 is 3.40. The van der Waals surface area contributed by atoms with Gasteiger partial charge in [0.25, 0.3) is 5.91 Å². The van der Waals surface area contributed by atoms with Crippen molar-refractivity contribution in [1.82, 2.24) is 5.32 Å². The average Bonchev–Trinajstić information content (AvgIpc) is 2.23. The Morgan fingerprint density at radius 3 is 2.59 bits per heavy atom. The monoisotopic (exact) mass is 299 g/mol. The highest BCUT2D eigenvalue weighted by atomic mass is 79.9. The highest BCUT2D eigenvalue weighted by molar-refractivity contribution is 9.09. The molecule has 0 atom stereocenters. The minimum atomic E-state index is -0.304. The summed E-state index contributed by atoms with van der Waals surface area (Å²) in [5.41, 5.74) is 0.0107. The Balaban J connectivity index is 2.14. The SMILES string of the molecule is O=C(NC1(CBr)CCC1)c1ccc(O)cc1O. The van der Waals surface area contributed by atoms with Crippen molar-refractivity contribution in [3.8, 4) is 11.5 Å². The first-order valence-corrected chi connectivity index (χ1v) is 6.59. The van der Waals surface area contributed by atoms with Gasteiger partial charge in [0.2, 0.25) is 0 Å². The molecular formula is C12H14BrNO3. The van der Waals surface area contributed by atoms with Gasteiger partial charge in [0.15, 0.2) is 0 Å². The van der Waals surface area contributed by atoms with Gasteiger partial charge in [-0.3, -0.25) is 4.79 Å². The maximum Gasteiger partial charge on any atom is 0.255 e. The van der Waals surface area contributed by atoms with Crippen LogP contribution < -0.4 is 5.32 Å². The lowest BCUT2D eigenvalue weighted by Gasteiger charge is -2.41. The van der Waals surface area contributed by atoms with E-state index in [4.69, 9.17) is 5.11 Å². The van der Waals surface area contributed by atoms with E-state index in [1.165, 1.54) is 12.1 Å². The second kappa shape index (κ2) is 4.56. The van der Waals surface area contributed by atoms with Crippen molar-refractivity contribution in [2.45, 2.75) is 24.8 Å². The Bertz CT molecular complexity index is 438. The van der Waals surface area contributed by atoms with E-state index in [2.05, 4.69) is 21.2 Å². The van der Waals surface area contributed by atoms with Crippen LogP contribution in [0.5, 0.6) is 11.5 Å². The number of phenolic OH excluding ortho intramolecular Hbond substituents is 2. The minimum absolute atomic E-state index is 0.0575. The number of rotatable bonds is 3. The summed E-state index contributed by atoms with van der Waals surface area (Å²) in [7, 11) is 0. The Labute approximate surface area is 108 Å². The van der Waals surface area contributed by atoms with Crippen LogP contribution in [0.3, 0.4) is 0 Å². The van der Waals surface area contributed by atoms with Crippen LogP contribution in [0.2, 0.25) is 0 Å². The first kappa shape index (κ1) is 12.2. The number of nitrogens with one attached hydrogen (secondary N) is 1. The number of phenols is 2. The van der Waals surface area contributed by atoms with Crippen molar-refractivity contribution in [2.75, 3.05) is 5.33 Å². The van der Waals surface area contributed by atoms with E-state index in [0.29, 0.717) is 5.33 Å². The van der Waals surface area contributed by atoms with Gasteiger partial charge in [0, 0.05) is 11.4 Å². The summed E-state index contributed by atoms with van der Waals surface area (Å²) < 4.78 is 0. The quantitative estimate of drug-likeness (QED) is 0.749. The molecule has 3 N–H and O–H groups in total. The smallest absolute Gasteiger partial charge is 0.255 e. The molecule has 5 heteroatoms. The van der Waals surface area contributed by atoms with Crippen LogP contribution in [0.25, 0.3) is 0 Å². The molecule has 1 saturated carbocycles. The van der Waals surface area contributed by atoms with Crippen LogP contribution in [0.4, 0.5) is 0 Å². The van der Waals surface area contributed by atoms with E-state index in [0.717, 1.165) is 25.3 Å². The van der Waals surface area contributed by atoms with Crippen LogP contribution in [-0.4, -0.2) is 27.0 Å². The van der Waals surface area contributed by atoms with E-state index in [9.17, 15) is 9.90 Å². The van der Waals surface area contributed by atoms with Gasteiger partial charge in [-0.05, 0) is 31.4 Å². The van der Waals surface area contributed by atoms with Crippen molar-refractivity contribution in [3.05, 3.63) is 23.8 Å². The normalized spacial score (nSPS) is 17.2. The molecule has 0 unspecified atom stereocenters. The summed E-state index contributed by atoms with van der Waals surface area (Å²) in [6.45, 7) is 0. The van der Waals surface area contributed by atoms with Crippen molar-refractivity contribution in [1.29, 1.82) is 0 Å². The second-order valence-corrected chi connectivity index (χ2v) is 4.98. The molecule has 2 rings (SSSR count). The molecule has 0 aliphatic heterocycles. The van der Waals surface area contributed by atoms with Crippen LogP contribution in [0.15, 0.2) is 18.2 Å². The number of hydrogen-bond acceptors (Lipinski definition) is 3. The fourth-order valence-electron chi connectivity index (χ4n) is 1.92. The molecule has 1 aliphatic carbocycles. The number of halogens is 1. The minimum Gasteiger partial charge on any atom is -0.508 e. The lowest BCUT2D eigenvalue weighted by molar-refractivity contribution is 0.0854. The van der Waals surface area contributed by atoms with E-state index in [-0.39, 0.29) is 28.5 Å². The number of aromatic hydroxyl groups is 2. The molecule has 1 fully saturated rings. The highest BCUT2D eigenvalue weighted by Crippen LogP contribution is 2.34.